The van der Waals surface area contributed by atoms with E-state index >= 15 is 0 Å². The summed E-state index contributed by atoms with van der Waals surface area (Å²) in [6.07, 6.45) is 5.66. The fraction of sp³-hybridized carbons (Fsp3) is 0.667. The Hall–Kier alpha value is -0.320. The molecule has 3 nitrogen and oxygen atoms in total. The van der Waals surface area contributed by atoms with Gasteiger partial charge in [-0.15, -0.1) is 23.7 Å². The molecule has 14 heavy (non-hydrogen) atoms. The summed E-state index contributed by atoms with van der Waals surface area (Å²) >= 11 is 1.71. The number of nitrogens with two attached hydrogens (primary N) is 1. The standard InChI is InChI=1S/C9H15N3S.ClH/c10-7-8-3-1-2-5-12(8)9-11-4-6-13-9;/h4,6,8H,1-3,5,7,10H2;1H. The molecule has 0 bridgehead atoms. The highest BCUT2D eigenvalue weighted by atomic mass is 35.5. The zero-order valence-corrected chi connectivity index (χ0v) is 9.69. The summed E-state index contributed by atoms with van der Waals surface area (Å²) in [7, 11) is 0. The Labute approximate surface area is 94.7 Å². The molecule has 0 aromatic carbocycles. The molecule has 1 atom stereocenters. The molecule has 80 valence electrons. The molecule has 5 heteroatoms. The SMILES string of the molecule is Cl.NCC1CCCCN1c1nccs1. The highest BCUT2D eigenvalue weighted by molar-refractivity contribution is 7.13. The maximum atomic E-state index is 5.73. The topological polar surface area (TPSA) is 42.1 Å². The minimum atomic E-state index is 0. The molecule has 0 aliphatic carbocycles. The van der Waals surface area contributed by atoms with Crippen LogP contribution in [-0.4, -0.2) is 24.1 Å². The molecule has 1 unspecified atom stereocenters. The van der Waals surface area contributed by atoms with Crippen molar-refractivity contribution >= 4 is 28.9 Å². The predicted octanol–water partition coefficient (Wildman–Crippen LogP) is 1.88. The van der Waals surface area contributed by atoms with Crippen LogP contribution in [-0.2, 0) is 0 Å². The maximum absolute atomic E-state index is 5.73. The van der Waals surface area contributed by atoms with Gasteiger partial charge in [-0.05, 0) is 19.3 Å². The lowest BCUT2D eigenvalue weighted by atomic mass is 10.0. The monoisotopic (exact) mass is 233 g/mol. The summed E-state index contributed by atoms with van der Waals surface area (Å²) in [5.74, 6) is 0. The minimum Gasteiger partial charge on any atom is -0.344 e. The first-order valence-corrected chi connectivity index (χ1v) is 5.66. The van der Waals surface area contributed by atoms with Gasteiger partial charge in [0, 0.05) is 30.7 Å². The quantitative estimate of drug-likeness (QED) is 0.848. The summed E-state index contributed by atoms with van der Waals surface area (Å²) in [6.45, 7) is 1.87. The van der Waals surface area contributed by atoms with Crippen LogP contribution in [0.5, 0.6) is 0 Å². The summed E-state index contributed by atoms with van der Waals surface area (Å²) < 4.78 is 0. The number of piperidine rings is 1. The van der Waals surface area contributed by atoms with E-state index in [9.17, 15) is 0 Å². The summed E-state index contributed by atoms with van der Waals surface area (Å²) in [6, 6.07) is 0.514. The van der Waals surface area contributed by atoms with Gasteiger partial charge < -0.3 is 10.6 Å². The van der Waals surface area contributed by atoms with E-state index in [1.807, 2.05) is 11.6 Å². The maximum Gasteiger partial charge on any atom is 0.185 e. The third kappa shape index (κ3) is 2.38. The van der Waals surface area contributed by atoms with Crippen LogP contribution < -0.4 is 10.6 Å². The lowest BCUT2D eigenvalue weighted by Gasteiger charge is -2.34. The van der Waals surface area contributed by atoms with Crippen LogP contribution in [0.2, 0.25) is 0 Å². The fourth-order valence-electron chi connectivity index (χ4n) is 1.86. The normalized spacial score (nSPS) is 21.8. The minimum absolute atomic E-state index is 0. The van der Waals surface area contributed by atoms with Crippen molar-refractivity contribution in [2.75, 3.05) is 18.0 Å². The van der Waals surface area contributed by atoms with Crippen LogP contribution in [0.3, 0.4) is 0 Å². The van der Waals surface area contributed by atoms with E-state index in [2.05, 4.69) is 9.88 Å². The number of halogens is 1. The Bertz CT molecular complexity index is 253. The fourth-order valence-corrected chi connectivity index (χ4v) is 2.60. The molecule has 0 radical (unpaired) electrons. The van der Waals surface area contributed by atoms with Gasteiger partial charge in [-0.25, -0.2) is 4.98 Å². The average Bonchev–Trinajstić information content (AvgIpc) is 2.70. The van der Waals surface area contributed by atoms with Gasteiger partial charge in [0.05, 0.1) is 0 Å². The van der Waals surface area contributed by atoms with Gasteiger partial charge in [-0.3, -0.25) is 0 Å². The molecular formula is C9H16ClN3S. The molecule has 0 spiro atoms. The third-order valence-electron chi connectivity index (χ3n) is 2.56. The first-order chi connectivity index (χ1) is 6.42. The average molecular weight is 234 g/mol. The van der Waals surface area contributed by atoms with E-state index in [0.29, 0.717) is 6.04 Å². The number of thiazole rings is 1. The van der Waals surface area contributed by atoms with Crippen LogP contribution in [0.15, 0.2) is 11.6 Å². The van der Waals surface area contributed by atoms with Gasteiger partial charge in [0.25, 0.3) is 0 Å². The summed E-state index contributed by atoms with van der Waals surface area (Å²) in [4.78, 5) is 6.68. The van der Waals surface area contributed by atoms with Gasteiger partial charge in [0.2, 0.25) is 0 Å². The van der Waals surface area contributed by atoms with Crippen molar-refractivity contribution in [1.82, 2.24) is 4.98 Å². The molecule has 1 aliphatic heterocycles. The van der Waals surface area contributed by atoms with E-state index in [-0.39, 0.29) is 12.4 Å². The van der Waals surface area contributed by atoms with Crippen molar-refractivity contribution in [3.8, 4) is 0 Å². The first-order valence-electron chi connectivity index (χ1n) is 4.78. The molecule has 2 rings (SSSR count). The van der Waals surface area contributed by atoms with Crippen LogP contribution in [0, 0.1) is 0 Å². The Morgan fingerprint density at radius 2 is 2.43 bits per heavy atom. The highest BCUT2D eigenvalue weighted by Crippen LogP contribution is 2.25. The summed E-state index contributed by atoms with van der Waals surface area (Å²) in [5.41, 5.74) is 5.73. The van der Waals surface area contributed by atoms with E-state index in [1.165, 1.54) is 19.3 Å². The lowest BCUT2D eigenvalue weighted by molar-refractivity contribution is 0.465. The molecule has 1 aromatic rings. The number of anilines is 1. The molecule has 1 aliphatic rings. The molecule has 0 saturated carbocycles. The van der Waals surface area contributed by atoms with Crippen LogP contribution in [0.4, 0.5) is 5.13 Å². The van der Waals surface area contributed by atoms with Gasteiger partial charge >= 0.3 is 0 Å². The van der Waals surface area contributed by atoms with Gasteiger partial charge in [-0.2, -0.15) is 0 Å². The molecule has 0 amide bonds. The van der Waals surface area contributed by atoms with Crippen molar-refractivity contribution in [2.24, 2.45) is 5.73 Å². The molecule has 1 saturated heterocycles. The van der Waals surface area contributed by atoms with Crippen molar-refractivity contribution < 1.29 is 0 Å². The molecule has 2 N–H and O–H groups in total. The number of hydrogen-bond acceptors (Lipinski definition) is 4. The van der Waals surface area contributed by atoms with Crippen LogP contribution in [0.25, 0.3) is 0 Å². The van der Waals surface area contributed by atoms with E-state index in [0.717, 1.165) is 18.2 Å². The second kappa shape index (κ2) is 5.53. The van der Waals surface area contributed by atoms with Crippen molar-refractivity contribution in [1.29, 1.82) is 0 Å². The first kappa shape index (κ1) is 11.8. The van der Waals surface area contributed by atoms with Crippen molar-refractivity contribution in [3.63, 3.8) is 0 Å². The van der Waals surface area contributed by atoms with E-state index in [4.69, 9.17) is 5.73 Å². The Kier molecular flexibility index (Phi) is 4.65. The smallest absolute Gasteiger partial charge is 0.185 e. The Morgan fingerprint density at radius 1 is 1.57 bits per heavy atom. The second-order valence-electron chi connectivity index (χ2n) is 3.39. The molecule has 1 aromatic heterocycles. The zero-order valence-electron chi connectivity index (χ0n) is 8.06. The van der Waals surface area contributed by atoms with Crippen molar-refractivity contribution in [2.45, 2.75) is 25.3 Å². The zero-order chi connectivity index (χ0) is 9.10. The van der Waals surface area contributed by atoms with Crippen molar-refractivity contribution in [3.05, 3.63) is 11.6 Å². The summed E-state index contributed by atoms with van der Waals surface area (Å²) in [5, 5.41) is 3.16. The Balaban J connectivity index is 0.000000980. The van der Waals surface area contributed by atoms with Gasteiger partial charge in [-0.1, -0.05) is 0 Å². The largest absolute Gasteiger partial charge is 0.344 e. The molecular weight excluding hydrogens is 218 g/mol. The number of hydrogen-bond donors (Lipinski definition) is 1. The highest BCUT2D eigenvalue weighted by Gasteiger charge is 2.22. The third-order valence-corrected chi connectivity index (χ3v) is 3.37. The molecule has 1 fully saturated rings. The van der Waals surface area contributed by atoms with Gasteiger partial charge in [0.15, 0.2) is 5.13 Å². The Morgan fingerprint density at radius 3 is 3.07 bits per heavy atom. The van der Waals surface area contributed by atoms with Crippen LogP contribution in [0.1, 0.15) is 19.3 Å². The lowest BCUT2D eigenvalue weighted by Crippen LogP contribution is -2.44. The number of aromatic nitrogens is 1. The second-order valence-corrected chi connectivity index (χ2v) is 4.27. The predicted molar refractivity (Wildman–Crippen MR) is 63.4 cm³/mol. The number of rotatable bonds is 2. The van der Waals surface area contributed by atoms with E-state index < -0.39 is 0 Å². The van der Waals surface area contributed by atoms with Gasteiger partial charge in [0.1, 0.15) is 0 Å². The number of nitrogens with zero attached hydrogens (tertiary/aromatic N) is 2. The molecule has 2 heterocycles. The van der Waals surface area contributed by atoms with E-state index in [1.54, 1.807) is 11.3 Å². The van der Waals surface area contributed by atoms with Crippen LogP contribution >= 0.6 is 23.7 Å².